The zero-order chi connectivity index (χ0) is 29.4. The van der Waals surface area contributed by atoms with Crippen molar-refractivity contribution in [2.24, 2.45) is 0 Å². The molecule has 2 aliphatic rings. The molecule has 0 spiro atoms. The summed E-state index contributed by atoms with van der Waals surface area (Å²) in [6.07, 6.45) is 3.07. The van der Waals surface area contributed by atoms with Gasteiger partial charge in [0.25, 0.3) is 5.78 Å². The number of thiazole rings is 1. The number of benzene rings is 3. The van der Waals surface area contributed by atoms with Crippen molar-refractivity contribution in [3.8, 4) is 17.2 Å². The van der Waals surface area contributed by atoms with Gasteiger partial charge in [-0.15, -0.1) is 0 Å². The zero-order valence-electron chi connectivity index (χ0n) is 23.8. The first-order valence-corrected chi connectivity index (χ1v) is 15.0. The van der Waals surface area contributed by atoms with Crippen LogP contribution in [0.1, 0.15) is 54.5 Å². The molecule has 6 rings (SSSR count). The molecule has 1 unspecified atom stereocenters. The predicted octanol–water partition coefficient (Wildman–Crippen LogP) is 6.88. The lowest BCUT2D eigenvalue weighted by molar-refractivity contribution is -0.132. The van der Waals surface area contributed by atoms with Gasteiger partial charge >= 0.3 is 5.91 Å². The van der Waals surface area contributed by atoms with E-state index < -0.39 is 17.7 Å². The number of unbranched alkanes of at least 4 members (excludes halogenated alkanes) is 2. The summed E-state index contributed by atoms with van der Waals surface area (Å²) in [4.78, 5) is 33.7. The Labute approximate surface area is 248 Å². The van der Waals surface area contributed by atoms with Crippen molar-refractivity contribution >= 4 is 44.1 Å². The van der Waals surface area contributed by atoms with Gasteiger partial charge in [0.15, 0.2) is 16.6 Å². The van der Waals surface area contributed by atoms with Crippen LogP contribution in [0.25, 0.3) is 16.0 Å². The highest BCUT2D eigenvalue weighted by Crippen LogP contribution is 2.46. The number of amides is 1. The molecule has 1 atom stereocenters. The first-order valence-electron chi connectivity index (χ1n) is 14.2. The number of carbonyl (C=O) groups excluding carboxylic acids is 2. The number of Topliss-reactive ketones (excluding diaryl/α,β-unsaturated/α-hetero) is 1. The Morgan fingerprint density at radius 1 is 1.05 bits per heavy atom. The van der Waals surface area contributed by atoms with Crippen molar-refractivity contribution in [3.05, 3.63) is 82.4 Å². The van der Waals surface area contributed by atoms with Crippen molar-refractivity contribution in [1.82, 2.24) is 4.98 Å². The minimum Gasteiger partial charge on any atom is -0.507 e. The number of fused-ring (bicyclic) bond motifs is 2. The summed E-state index contributed by atoms with van der Waals surface area (Å²) in [5.41, 5.74) is 3.81. The Hall–Kier alpha value is -4.37. The van der Waals surface area contributed by atoms with Gasteiger partial charge in [-0.05, 0) is 73.4 Å². The van der Waals surface area contributed by atoms with Crippen LogP contribution in [-0.4, -0.2) is 41.6 Å². The molecule has 0 saturated carbocycles. The first kappa shape index (κ1) is 27.8. The third kappa shape index (κ3) is 5.09. The third-order valence-electron chi connectivity index (χ3n) is 7.48. The van der Waals surface area contributed by atoms with E-state index in [0.717, 1.165) is 40.6 Å². The fourth-order valence-corrected chi connectivity index (χ4v) is 6.64. The van der Waals surface area contributed by atoms with Crippen LogP contribution in [0.15, 0.2) is 60.2 Å². The largest absolute Gasteiger partial charge is 0.507 e. The second-order valence-corrected chi connectivity index (χ2v) is 11.6. The topological polar surface area (TPSA) is 98.2 Å². The number of nitrogens with zero attached hydrogens (tertiary/aromatic N) is 2. The minimum atomic E-state index is -0.917. The smallest absolute Gasteiger partial charge is 0.301 e. The van der Waals surface area contributed by atoms with Crippen LogP contribution in [0, 0.1) is 13.8 Å². The van der Waals surface area contributed by atoms with Crippen molar-refractivity contribution in [3.63, 3.8) is 0 Å². The highest BCUT2D eigenvalue weighted by Gasteiger charge is 2.48. The first-order chi connectivity index (χ1) is 20.4. The summed E-state index contributed by atoms with van der Waals surface area (Å²) in [7, 11) is 0. The van der Waals surface area contributed by atoms with Crippen LogP contribution in [0.5, 0.6) is 17.2 Å². The van der Waals surface area contributed by atoms with Gasteiger partial charge in [0, 0.05) is 5.56 Å². The SMILES string of the molecule is CCCCCOc1cccc(C2/C(=C(\O)c3ccc4c(c3)OCCO4)C(=O)C(=O)N2c2nc3c(C)cc(C)cc3s2)c1. The van der Waals surface area contributed by atoms with Crippen LogP contribution in [0.2, 0.25) is 0 Å². The van der Waals surface area contributed by atoms with Gasteiger partial charge in [-0.2, -0.15) is 0 Å². The maximum atomic E-state index is 13.7. The van der Waals surface area contributed by atoms with E-state index in [1.54, 1.807) is 18.2 Å². The van der Waals surface area contributed by atoms with Gasteiger partial charge in [-0.1, -0.05) is 49.3 Å². The molecule has 216 valence electrons. The second kappa shape index (κ2) is 11.5. The van der Waals surface area contributed by atoms with Gasteiger partial charge in [0.2, 0.25) is 0 Å². The monoisotopic (exact) mass is 584 g/mol. The Morgan fingerprint density at radius 2 is 1.86 bits per heavy atom. The standard InChI is InChI=1S/C33H32N2O6S/c1-4-5-6-12-39-23-9-7-8-21(17-23)29-27(30(36)22-10-11-24-25(18-22)41-14-13-40-24)31(37)32(38)35(29)33-34-28-20(3)15-19(2)16-26(28)42-33/h7-11,15-18,29,36H,4-6,12-14H2,1-3H3/b30-27+. The molecule has 1 saturated heterocycles. The molecule has 42 heavy (non-hydrogen) atoms. The summed E-state index contributed by atoms with van der Waals surface area (Å²) in [5, 5.41) is 12.0. The molecule has 1 amide bonds. The number of rotatable bonds is 8. The Balaban J connectivity index is 1.49. The molecule has 1 aromatic heterocycles. The number of ether oxygens (including phenoxy) is 3. The van der Waals surface area contributed by atoms with Crippen LogP contribution < -0.4 is 19.1 Å². The lowest BCUT2D eigenvalue weighted by Crippen LogP contribution is -2.29. The fourth-order valence-electron chi connectivity index (χ4n) is 5.47. The maximum absolute atomic E-state index is 13.7. The molecule has 0 aliphatic carbocycles. The summed E-state index contributed by atoms with van der Waals surface area (Å²) in [6, 6.07) is 15.5. The van der Waals surface area contributed by atoms with E-state index in [1.165, 1.54) is 16.2 Å². The predicted molar refractivity (Wildman–Crippen MR) is 163 cm³/mol. The van der Waals surface area contributed by atoms with Crippen LogP contribution >= 0.6 is 11.3 Å². The molecule has 0 bridgehead atoms. The van der Waals surface area contributed by atoms with Crippen LogP contribution in [0.4, 0.5) is 5.13 Å². The average Bonchev–Trinajstić information content (AvgIpc) is 3.53. The van der Waals surface area contributed by atoms with Crippen molar-refractivity contribution in [2.45, 2.75) is 46.1 Å². The number of aryl methyl sites for hydroxylation is 2. The van der Waals surface area contributed by atoms with Gasteiger partial charge in [-0.25, -0.2) is 4.98 Å². The molecular weight excluding hydrogens is 552 g/mol. The summed E-state index contributed by atoms with van der Waals surface area (Å²) in [6.45, 7) is 7.50. The van der Waals surface area contributed by atoms with Gasteiger partial charge < -0.3 is 19.3 Å². The average molecular weight is 585 g/mol. The molecule has 1 fully saturated rings. The molecule has 2 aliphatic heterocycles. The number of anilines is 1. The minimum absolute atomic E-state index is 0.0213. The molecule has 8 nitrogen and oxygen atoms in total. The number of carbonyl (C=O) groups is 2. The molecule has 9 heteroatoms. The number of ketones is 1. The van der Waals surface area contributed by atoms with Gasteiger partial charge in [0.1, 0.15) is 24.7 Å². The third-order valence-corrected chi connectivity index (χ3v) is 8.48. The van der Waals surface area contributed by atoms with E-state index in [4.69, 9.17) is 19.2 Å². The quantitative estimate of drug-likeness (QED) is 0.104. The Morgan fingerprint density at radius 3 is 2.67 bits per heavy atom. The molecule has 0 radical (unpaired) electrons. The molecule has 1 N–H and O–H groups in total. The van der Waals surface area contributed by atoms with Crippen LogP contribution in [0.3, 0.4) is 0 Å². The van der Waals surface area contributed by atoms with Crippen molar-refractivity contribution < 1.29 is 28.9 Å². The van der Waals surface area contributed by atoms with Gasteiger partial charge in [-0.3, -0.25) is 14.5 Å². The highest BCUT2D eigenvalue weighted by molar-refractivity contribution is 7.22. The van der Waals surface area contributed by atoms with Crippen molar-refractivity contribution in [1.29, 1.82) is 0 Å². The molecule has 4 aromatic rings. The van der Waals surface area contributed by atoms with E-state index in [1.807, 2.05) is 50.2 Å². The summed E-state index contributed by atoms with van der Waals surface area (Å²) in [5.74, 6) is -0.168. The summed E-state index contributed by atoms with van der Waals surface area (Å²) < 4.78 is 18.3. The Bertz CT molecular complexity index is 1730. The maximum Gasteiger partial charge on any atom is 0.301 e. The van der Waals surface area contributed by atoms with Crippen molar-refractivity contribution in [2.75, 3.05) is 24.7 Å². The van der Waals surface area contributed by atoms with E-state index >= 15 is 0 Å². The number of aliphatic hydroxyl groups excluding tert-OH is 1. The number of hydrogen-bond acceptors (Lipinski definition) is 8. The lowest BCUT2D eigenvalue weighted by Gasteiger charge is -2.24. The molecular formula is C33H32N2O6S. The van der Waals surface area contributed by atoms with E-state index in [-0.39, 0.29) is 11.3 Å². The van der Waals surface area contributed by atoms with Crippen LogP contribution in [-0.2, 0) is 9.59 Å². The Kier molecular flexibility index (Phi) is 7.60. The van der Waals surface area contributed by atoms with Gasteiger partial charge in [0.05, 0.1) is 28.4 Å². The zero-order valence-corrected chi connectivity index (χ0v) is 24.6. The van der Waals surface area contributed by atoms with E-state index in [0.29, 0.717) is 53.3 Å². The van der Waals surface area contributed by atoms with E-state index in [2.05, 4.69) is 6.92 Å². The number of aliphatic hydroxyl groups is 1. The second-order valence-electron chi connectivity index (χ2n) is 10.6. The number of aromatic nitrogens is 1. The highest BCUT2D eigenvalue weighted by atomic mass is 32.1. The van der Waals surface area contributed by atoms with E-state index in [9.17, 15) is 14.7 Å². The summed E-state index contributed by atoms with van der Waals surface area (Å²) >= 11 is 1.35. The molecule has 3 aromatic carbocycles. The number of hydrogen-bond donors (Lipinski definition) is 1. The molecule has 3 heterocycles. The fraction of sp³-hybridized carbons (Fsp3) is 0.303. The normalized spacial score (nSPS) is 17.7. The lowest BCUT2D eigenvalue weighted by atomic mass is 9.95.